The van der Waals surface area contributed by atoms with E-state index in [1.807, 2.05) is 4.90 Å². The lowest BCUT2D eigenvalue weighted by atomic mass is 9.64. The topological polar surface area (TPSA) is 56.7 Å². The van der Waals surface area contributed by atoms with Crippen molar-refractivity contribution in [2.24, 2.45) is 16.3 Å². The zero-order chi connectivity index (χ0) is 17.4. The van der Waals surface area contributed by atoms with Crippen molar-refractivity contribution in [2.75, 3.05) is 32.7 Å². The van der Waals surface area contributed by atoms with Gasteiger partial charge in [-0.1, -0.05) is 20.3 Å². The second-order valence-corrected chi connectivity index (χ2v) is 7.91. The van der Waals surface area contributed by atoms with Gasteiger partial charge in [-0.25, -0.2) is 0 Å². The van der Waals surface area contributed by atoms with Crippen LogP contribution in [0.25, 0.3) is 0 Å². The average molecular weight is 464 g/mol. The number of hydrogen-bond donors (Lipinski definition) is 2. The van der Waals surface area contributed by atoms with E-state index in [9.17, 15) is 4.79 Å². The normalized spacial score (nSPS) is 19.6. The summed E-state index contributed by atoms with van der Waals surface area (Å²) in [6.07, 6.45) is 8.02. The van der Waals surface area contributed by atoms with Gasteiger partial charge < -0.3 is 15.5 Å². The lowest BCUT2D eigenvalue weighted by Gasteiger charge is -2.42. The van der Waals surface area contributed by atoms with Crippen molar-refractivity contribution in [1.82, 2.24) is 15.5 Å². The highest BCUT2D eigenvalue weighted by Gasteiger charge is 2.37. The summed E-state index contributed by atoms with van der Waals surface area (Å²) in [6.45, 7) is 11.2. The Bertz CT molecular complexity index is 435. The van der Waals surface area contributed by atoms with Gasteiger partial charge in [0.2, 0.25) is 5.91 Å². The van der Waals surface area contributed by atoms with Crippen LogP contribution in [0.4, 0.5) is 0 Å². The Morgan fingerprint density at radius 2 is 2.04 bits per heavy atom. The smallest absolute Gasteiger partial charge is 0.222 e. The van der Waals surface area contributed by atoms with Crippen LogP contribution in [0.2, 0.25) is 0 Å². The molecule has 1 saturated carbocycles. The maximum absolute atomic E-state index is 11.6. The van der Waals surface area contributed by atoms with Crippen LogP contribution in [-0.4, -0.2) is 49.5 Å². The first-order chi connectivity index (χ1) is 11.5. The highest BCUT2D eigenvalue weighted by molar-refractivity contribution is 14.0. The molecule has 0 spiro atoms. The molecule has 5 nitrogen and oxygen atoms in total. The van der Waals surface area contributed by atoms with E-state index in [2.05, 4.69) is 31.4 Å². The monoisotopic (exact) mass is 464 g/mol. The molecule has 0 radical (unpaired) electrons. The highest BCUT2D eigenvalue weighted by atomic mass is 127. The molecule has 2 aliphatic rings. The number of guanidine groups is 1. The maximum Gasteiger partial charge on any atom is 0.222 e. The van der Waals surface area contributed by atoms with Crippen molar-refractivity contribution in [3.8, 4) is 0 Å². The molecule has 2 rings (SSSR count). The third kappa shape index (κ3) is 7.31. The van der Waals surface area contributed by atoms with Crippen LogP contribution in [0.1, 0.15) is 65.7 Å². The summed E-state index contributed by atoms with van der Waals surface area (Å²) in [7, 11) is 0. The van der Waals surface area contributed by atoms with Crippen LogP contribution >= 0.6 is 24.0 Å². The Hall–Kier alpha value is -0.530. The molecule has 146 valence electrons. The molecule has 1 aliphatic heterocycles. The fourth-order valence-corrected chi connectivity index (χ4v) is 3.98. The molecule has 0 unspecified atom stereocenters. The van der Waals surface area contributed by atoms with E-state index in [1.54, 1.807) is 0 Å². The van der Waals surface area contributed by atoms with Gasteiger partial charge >= 0.3 is 0 Å². The number of carbonyl (C=O) groups excluding carboxylic acids is 1. The number of halogens is 1. The molecule has 1 heterocycles. The summed E-state index contributed by atoms with van der Waals surface area (Å²) in [4.78, 5) is 18.5. The first-order valence-corrected chi connectivity index (χ1v) is 9.84. The predicted octanol–water partition coefficient (Wildman–Crippen LogP) is 3.39. The summed E-state index contributed by atoms with van der Waals surface area (Å²) >= 11 is 0. The third-order valence-corrected chi connectivity index (χ3v) is 5.24. The summed E-state index contributed by atoms with van der Waals surface area (Å²) in [5.74, 6) is 1.99. The van der Waals surface area contributed by atoms with Crippen molar-refractivity contribution in [2.45, 2.75) is 65.7 Å². The number of nitrogens with zero attached hydrogens (tertiary/aromatic N) is 2. The quantitative estimate of drug-likeness (QED) is 0.238. The van der Waals surface area contributed by atoms with Crippen LogP contribution in [0.5, 0.6) is 0 Å². The van der Waals surface area contributed by atoms with Gasteiger partial charge in [0.05, 0.1) is 0 Å². The molecule has 0 aromatic heterocycles. The van der Waals surface area contributed by atoms with E-state index in [0.29, 0.717) is 11.3 Å². The van der Waals surface area contributed by atoms with Gasteiger partial charge in [-0.2, -0.15) is 0 Å². The number of rotatable bonds is 9. The molecule has 0 bridgehead atoms. The van der Waals surface area contributed by atoms with E-state index >= 15 is 0 Å². The van der Waals surface area contributed by atoms with Gasteiger partial charge in [0.1, 0.15) is 0 Å². The molecule has 0 atom stereocenters. The van der Waals surface area contributed by atoms with Crippen molar-refractivity contribution >= 4 is 35.8 Å². The van der Waals surface area contributed by atoms with Gasteiger partial charge in [0.15, 0.2) is 5.96 Å². The number of carbonyl (C=O) groups is 1. The first kappa shape index (κ1) is 22.5. The molecular formula is C19H37IN4O. The Labute approximate surface area is 170 Å². The zero-order valence-corrected chi connectivity index (χ0v) is 18.6. The minimum Gasteiger partial charge on any atom is -0.357 e. The van der Waals surface area contributed by atoms with E-state index in [1.165, 1.54) is 25.7 Å². The van der Waals surface area contributed by atoms with Gasteiger partial charge in [-0.05, 0) is 50.4 Å². The molecule has 2 fully saturated rings. The van der Waals surface area contributed by atoms with Gasteiger partial charge in [0, 0.05) is 39.1 Å². The van der Waals surface area contributed by atoms with Crippen molar-refractivity contribution in [3.63, 3.8) is 0 Å². The summed E-state index contributed by atoms with van der Waals surface area (Å²) < 4.78 is 0. The van der Waals surface area contributed by atoms with Crippen molar-refractivity contribution in [3.05, 3.63) is 0 Å². The standard InChI is InChI=1S/C19H36N4O.HI/c1-4-20-18(21-11-7-13-23-12-5-8-17(23)24)22-15-19(9-6-10-19)14-16(2)3;/h16H,4-15H2,1-3H3,(H2,20,21,22);1H. The lowest BCUT2D eigenvalue weighted by Crippen LogP contribution is -2.41. The van der Waals surface area contributed by atoms with E-state index in [0.717, 1.165) is 63.9 Å². The molecular weight excluding hydrogens is 427 g/mol. The van der Waals surface area contributed by atoms with E-state index < -0.39 is 0 Å². The number of hydrogen-bond acceptors (Lipinski definition) is 2. The molecule has 0 aromatic carbocycles. The third-order valence-electron chi connectivity index (χ3n) is 5.24. The number of nitrogens with one attached hydrogen (secondary N) is 2. The van der Waals surface area contributed by atoms with Crippen molar-refractivity contribution < 1.29 is 4.79 Å². The molecule has 0 aromatic rings. The van der Waals surface area contributed by atoms with Crippen LogP contribution in [0, 0.1) is 11.3 Å². The van der Waals surface area contributed by atoms with Crippen LogP contribution in [-0.2, 0) is 4.79 Å². The predicted molar refractivity (Wildman–Crippen MR) is 116 cm³/mol. The Morgan fingerprint density at radius 1 is 1.28 bits per heavy atom. The number of amides is 1. The van der Waals surface area contributed by atoms with E-state index in [-0.39, 0.29) is 24.0 Å². The van der Waals surface area contributed by atoms with Gasteiger partial charge in [-0.3, -0.25) is 9.79 Å². The minimum absolute atomic E-state index is 0. The Balaban J connectivity index is 0.00000312. The summed E-state index contributed by atoms with van der Waals surface area (Å²) in [5, 5.41) is 6.79. The van der Waals surface area contributed by atoms with Crippen LogP contribution in [0.15, 0.2) is 4.99 Å². The largest absolute Gasteiger partial charge is 0.357 e. The second kappa shape index (κ2) is 11.2. The molecule has 2 N–H and O–H groups in total. The lowest BCUT2D eigenvalue weighted by molar-refractivity contribution is -0.127. The van der Waals surface area contributed by atoms with Gasteiger partial charge in [0.25, 0.3) is 0 Å². The van der Waals surface area contributed by atoms with Crippen LogP contribution in [0.3, 0.4) is 0 Å². The first-order valence-electron chi connectivity index (χ1n) is 9.84. The molecule has 1 aliphatic carbocycles. The van der Waals surface area contributed by atoms with Gasteiger partial charge in [-0.15, -0.1) is 24.0 Å². The SMILES string of the molecule is CCNC(=NCC1(CC(C)C)CCC1)NCCCN1CCCC1=O.I. The fourth-order valence-electron chi connectivity index (χ4n) is 3.98. The Morgan fingerprint density at radius 3 is 2.56 bits per heavy atom. The van der Waals surface area contributed by atoms with E-state index in [4.69, 9.17) is 4.99 Å². The Kier molecular flexibility index (Phi) is 10.1. The average Bonchev–Trinajstić information content (AvgIpc) is 2.90. The second-order valence-electron chi connectivity index (χ2n) is 7.91. The van der Waals surface area contributed by atoms with Crippen molar-refractivity contribution in [1.29, 1.82) is 0 Å². The zero-order valence-electron chi connectivity index (χ0n) is 16.3. The molecule has 6 heteroatoms. The number of aliphatic imine (C=N–C) groups is 1. The minimum atomic E-state index is 0. The van der Waals surface area contributed by atoms with Crippen LogP contribution < -0.4 is 10.6 Å². The molecule has 1 amide bonds. The molecule has 1 saturated heterocycles. The summed E-state index contributed by atoms with van der Waals surface area (Å²) in [6, 6.07) is 0. The number of likely N-dealkylation sites (tertiary alicyclic amines) is 1. The molecule has 25 heavy (non-hydrogen) atoms. The highest BCUT2D eigenvalue weighted by Crippen LogP contribution is 2.46. The summed E-state index contributed by atoms with van der Waals surface area (Å²) in [5.41, 5.74) is 0.443. The maximum atomic E-state index is 11.6. The fraction of sp³-hybridized carbons (Fsp3) is 0.895.